The first-order valence-corrected chi connectivity index (χ1v) is 11.0. The molecule has 2 aromatic carbocycles. The zero-order chi connectivity index (χ0) is 22.5. The molecule has 1 N–H and O–H groups in total. The number of nitrogens with one attached hydrogen (secondary N) is 1. The lowest BCUT2D eigenvalue weighted by atomic mass is 10.0. The molecule has 8 heteroatoms. The zero-order valence-electron chi connectivity index (χ0n) is 17.3. The monoisotopic (exact) mass is 468 g/mol. The van der Waals surface area contributed by atoms with E-state index < -0.39 is 0 Å². The number of anilines is 2. The Bertz CT molecular complexity index is 1120. The van der Waals surface area contributed by atoms with E-state index in [4.69, 9.17) is 23.2 Å². The summed E-state index contributed by atoms with van der Waals surface area (Å²) < 4.78 is 0. The maximum Gasteiger partial charge on any atom is 0.238 e. The highest BCUT2D eigenvalue weighted by Gasteiger charge is 2.22. The Morgan fingerprint density at radius 1 is 0.906 bits per heavy atom. The average Bonchev–Trinajstić information content (AvgIpc) is 2.81. The van der Waals surface area contributed by atoms with Gasteiger partial charge < -0.3 is 10.2 Å². The molecular weight excluding hydrogens is 447 g/mol. The van der Waals surface area contributed by atoms with Crippen molar-refractivity contribution in [1.82, 2.24) is 9.88 Å². The highest BCUT2D eigenvalue weighted by atomic mass is 35.5. The highest BCUT2D eigenvalue weighted by molar-refractivity contribution is 6.36. The fourth-order valence-electron chi connectivity index (χ4n) is 3.67. The van der Waals surface area contributed by atoms with Crippen LogP contribution in [0.15, 0.2) is 66.9 Å². The first-order valence-electron chi connectivity index (χ1n) is 10.3. The van der Waals surface area contributed by atoms with E-state index in [2.05, 4.69) is 20.1 Å². The first-order chi connectivity index (χ1) is 15.5. The van der Waals surface area contributed by atoms with Gasteiger partial charge in [0, 0.05) is 48.5 Å². The summed E-state index contributed by atoms with van der Waals surface area (Å²) in [7, 11) is 0. The Morgan fingerprint density at radius 3 is 2.38 bits per heavy atom. The summed E-state index contributed by atoms with van der Waals surface area (Å²) in [5.74, 6) is 0.463. The minimum absolute atomic E-state index is 0.188. The van der Waals surface area contributed by atoms with Crippen molar-refractivity contribution in [2.75, 3.05) is 42.9 Å². The Hall–Kier alpha value is -2.93. The summed E-state index contributed by atoms with van der Waals surface area (Å²) in [5, 5.41) is 3.62. The highest BCUT2D eigenvalue weighted by Crippen LogP contribution is 2.26. The van der Waals surface area contributed by atoms with Gasteiger partial charge in [-0.1, -0.05) is 41.4 Å². The third-order valence-corrected chi connectivity index (χ3v) is 5.90. The van der Waals surface area contributed by atoms with Crippen LogP contribution in [0.4, 0.5) is 11.5 Å². The smallest absolute Gasteiger partial charge is 0.238 e. The number of piperazine rings is 1. The van der Waals surface area contributed by atoms with Crippen LogP contribution >= 0.6 is 23.2 Å². The van der Waals surface area contributed by atoms with Gasteiger partial charge in [-0.2, -0.15) is 0 Å². The lowest BCUT2D eigenvalue weighted by Crippen LogP contribution is -2.49. The van der Waals surface area contributed by atoms with Crippen LogP contribution in [0.2, 0.25) is 10.0 Å². The lowest BCUT2D eigenvalue weighted by Gasteiger charge is -2.35. The number of carbonyl (C=O) groups is 2. The lowest BCUT2D eigenvalue weighted by molar-refractivity contribution is -0.117. The number of nitrogens with zero attached hydrogens (tertiary/aromatic N) is 3. The molecule has 3 aromatic rings. The van der Waals surface area contributed by atoms with Crippen LogP contribution in [0.3, 0.4) is 0 Å². The van der Waals surface area contributed by atoms with Gasteiger partial charge in [0.25, 0.3) is 0 Å². The average molecular weight is 469 g/mol. The van der Waals surface area contributed by atoms with E-state index in [1.807, 2.05) is 18.2 Å². The van der Waals surface area contributed by atoms with Crippen LogP contribution < -0.4 is 10.2 Å². The molecule has 0 bridgehead atoms. The zero-order valence-corrected chi connectivity index (χ0v) is 18.8. The predicted octanol–water partition coefficient (Wildman–Crippen LogP) is 4.38. The van der Waals surface area contributed by atoms with Crippen molar-refractivity contribution >= 4 is 46.4 Å². The van der Waals surface area contributed by atoms with E-state index in [9.17, 15) is 9.59 Å². The molecule has 1 amide bonds. The van der Waals surface area contributed by atoms with E-state index in [0.717, 1.165) is 32.0 Å². The number of benzene rings is 2. The van der Waals surface area contributed by atoms with Gasteiger partial charge in [0.1, 0.15) is 5.82 Å². The van der Waals surface area contributed by atoms with Crippen LogP contribution in [0, 0.1) is 0 Å². The molecule has 0 unspecified atom stereocenters. The van der Waals surface area contributed by atoms with Gasteiger partial charge in [-0.15, -0.1) is 0 Å². The minimum atomic E-state index is -0.294. The van der Waals surface area contributed by atoms with Crippen molar-refractivity contribution in [2.45, 2.75) is 0 Å². The van der Waals surface area contributed by atoms with Crippen molar-refractivity contribution in [2.24, 2.45) is 0 Å². The molecule has 0 aliphatic carbocycles. The van der Waals surface area contributed by atoms with Crippen molar-refractivity contribution in [1.29, 1.82) is 0 Å². The third-order valence-electron chi connectivity index (χ3n) is 5.33. The van der Waals surface area contributed by atoms with Crippen LogP contribution in [-0.4, -0.2) is 54.3 Å². The quantitative estimate of drug-likeness (QED) is 0.543. The predicted molar refractivity (Wildman–Crippen MR) is 128 cm³/mol. The molecule has 6 nitrogen and oxygen atoms in total. The number of rotatable bonds is 6. The molecule has 1 saturated heterocycles. The summed E-state index contributed by atoms with van der Waals surface area (Å²) in [6.45, 7) is 3.31. The molecule has 0 radical (unpaired) electrons. The van der Waals surface area contributed by atoms with E-state index in [1.54, 1.807) is 48.7 Å². The van der Waals surface area contributed by atoms with E-state index in [-0.39, 0.29) is 18.2 Å². The molecule has 1 aliphatic heterocycles. The van der Waals surface area contributed by atoms with Gasteiger partial charge in [-0.3, -0.25) is 14.5 Å². The number of ketones is 1. The van der Waals surface area contributed by atoms with Crippen LogP contribution in [0.25, 0.3) is 0 Å². The summed E-state index contributed by atoms with van der Waals surface area (Å²) in [5.41, 5.74) is 1.08. The van der Waals surface area contributed by atoms with Crippen molar-refractivity contribution < 1.29 is 9.59 Å². The van der Waals surface area contributed by atoms with Crippen molar-refractivity contribution in [3.8, 4) is 0 Å². The maximum atomic E-state index is 13.1. The van der Waals surface area contributed by atoms with Crippen LogP contribution in [0.1, 0.15) is 15.9 Å². The van der Waals surface area contributed by atoms with Crippen molar-refractivity contribution in [3.05, 3.63) is 88.0 Å². The SMILES string of the molecule is O=C(CN1CCN(c2ccccn2)CC1)Nc1ccc(Cl)cc1C(=O)c1ccccc1Cl. The number of amides is 1. The van der Waals surface area contributed by atoms with Crippen LogP contribution in [0.5, 0.6) is 0 Å². The van der Waals surface area contributed by atoms with E-state index >= 15 is 0 Å². The summed E-state index contributed by atoms with van der Waals surface area (Å²) >= 11 is 12.3. The molecular formula is C24H22Cl2N4O2. The fraction of sp³-hybridized carbons (Fsp3) is 0.208. The van der Waals surface area contributed by atoms with Gasteiger partial charge in [0.15, 0.2) is 5.78 Å². The van der Waals surface area contributed by atoms with Gasteiger partial charge in [-0.05, 0) is 42.5 Å². The third kappa shape index (κ3) is 5.27. The fourth-order valence-corrected chi connectivity index (χ4v) is 4.07. The Kier molecular flexibility index (Phi) is 7.05. The van der Waals surface area contributed by atoms with Crippen LogP contribution in [-0.2, 0) is 4.79 Å². The summed E-state index contributed by atoms with van der Waals surface area (Å²) in [6.07, 6.45) is 1.78. The minimum Gasteiger partial charge on any atom is -0.354 e. The molecule has 32 heavy (non-hydrogen) atoms. The van der Waals surface area contributed by atoms with Gasteiger partial charge >= 0.3 is 0 Å². The Balaban J connectivity index is 1.41. The molecule has 4 rings (SSSR count). The number of pyridine rings is 1. The second kappa shape index (κ2) is 10.1. The maximum absolute atomic E-state index is 13.1. The van der Waals surface area contributed by atoms with E-state index in [1.165, 1.54) is 0 Å². The molecule has 0 saturated carbocycles. The normalized spacial score (nSPS) is 14.2. The topological polar surface area (TPSA) is 65.5 Å². The number of carbonyl (C=O) groups excluding carboxylic acids is 2. The summed E-state index contributed by atoms with van der Waals surface area (Å²) in [6, 6.07) is 17.5. The van der Waals surface area contributed by atoms with Gasteiger partial charge in [0.05, 0.1) is 17.3 Å². The Morgan fingerprint density at radius 2 is 1.66 bits per heavy atom. The Labute approximate surface area is 196 Å². The first kappa shape index (κ1) is 22.3. The van der Waals surface area contributed by atoms with Gasteiger partial charge in [-0.25, -0.2) is 4.98 Å². The van der Waals surface area contributed by atoms with Crippen molar-refractivity contribution in [3.63, 3.8) is 0 Å². The molecule has 2 heterocycles. The molecule has 164 valence electrons. The second-order valence-electron chi connectivity index (χ2n) is 7.50. The number of hydrogen-bond acceptors (Lipinski definition) is 5. The largest absolute Gasteiger partial charge is 0.354 e. The second-order valence-corrected chi connectivity index (χ2v) is 8.34. The standard InChI is InChI=1S/C24H22Cl2N4O2/c25-17-8-9-21(19(15-17)24(32)18-5-1-2-6-20(18)26)28-23(31)16-29-11-13-30(14-12-29)22-7-3-4-10-27-22/h1-10,15H,11-14,16H2,(H,28,31). The molecule has 1 aliphatic rings. The number of aromatic nitrogens is 1. The number of halogens is 2. The van der Waals surface area contributed by atoms with E-state index in [0.29, 0.717) is 26.9 Å². The number of hydrogen-bond donors (Lipinski definition) is 1. The van der Waals surface area contributed by atoms with Gasteiger partial charge in [0.2, 0.25) is 5.91 Å². The molecule has 0 spiro atoms. The molecule has 0 atom stereocenters. The molecule has 1 fully saturated rings. The molecule has 1 aromatic heterocycles. The summed E-state index contributed by atoms with van der Waals surface area (Å²) in [4.78, 5) is 34.5.